The minimum atomic E-state index is -0.195. The van der Waals surface area contributed by atoms with Crippen LogP contribution in [0.15, 0.2) is 35.7 Å². The minimum Gasteiger partial charge on any atom is -0.338 e. The van der Waals surface area contributed by atoms with Crippen molar-refractivity contribution < 1.29 is 9.59 Å². The van der Waals surface area contributed by atoms with Gasteiger partial charge < -0.3 is 16.0 Å². The van der Waals surface area contributed by atoms with Crippen molar-refractivity contribution in [3.63, 3.8) is 0 Å². The maximum absolute atomic E-state index is 12.7. The van der Waals surface area contributed by atoms with Crippen LogP contribution in [-0.2, 0) is 6.42 Å². The molecule has 0 saturated carbocycles. The lowest BCUT2D eigenvalue weighted by Gasteiger charge is -2.30. The molecule has 0 atom stereocenters. The van der Waals surface area contributed by atoms with Crippen LogP contribution in [-0.4, -0.2) is 35.8 Å². The lowest BCUT2D eigenvalue weighted by molar-refractivity contribution is 0.0716. The Labute approximate surface area is 164 Å². The number of hydrogen-bond donors (Lipinski definition) is 2. The lowest BCUT2D eigenvalue weighted by Crippen LogP contribution is -2.42. The summed E-state index contributed by atoms with van der Waals surface area (Å²) in [4.78, 5) is 27.0. The smallest absolute Gasteiger partial charge is 0.256 e. The molecule has 2 heterocycles. The SMILES string of the molecule is CCc1ccc(C(=O)Nc2sccc2C(=O)N2CCC(N)CC2)cc1.Cl. The van der Waals surface area contributed by atoms with Crippen molar-refractivity contribution in [2.24, 2.45) is 5.73 Å². The molecule has 0 spiro atoms. The number of hydrogen-bond acceptors (Lipinski definition) is 4. The summed E-state index contributed by atoms with van der Waals surface area (Å²) in [5, 5.41) is 5.31. The van der Waals surface area contributed by atoms with Crippen LogP contribution in [0, 0.1) is 0 Å². The molecule has 1 fully saturated rings. The normalized spacial score (nSPS) is 14.6. The average Bonchev–Trinajstić information content (AvgIpc) is 3.10. The van der Waals surface area contributed by atoms with Gasteiger partial charge in [-0.3, -0.25) is 9.59 Å². The Morgan fingerprint density at radius 2 is 1.85 bits per heavy atom. The van der Waals surface area contributed by atoms with E-state index in [1.165, 1.54) is 16.9 Å². The van der Waals surface area contributed by atoms with Crippen LogP contribution in [0.4, 0.5) is 5.00 Å². The number of anilines is 1. The second-order valence-corrected chi connectivity index (χ2v) is 7.21. The van der Waals surface area contributed by atoms with Gasteiger partial charge in [0.15, 0.2) is 0 Å². The van der Waals surface area contributed by atoms with E-state index in [1.54, 1.807) is 6.07 Å². The average molecular weight is 394 g/mol. The number of carbonyl (C=O) groups is 2. The van der Waals surface area contributed by atoms with Crippen molar-refractivity contribution in [2.45, 2.75) is 32.2 Å². The number of nitrogens with one attached hydrogen (secondary N) is 1. The predicted molar refractivity (Wildman–Crippen MR) is 108 cm³/mol. The van der Waals surface area contributed by atoms with E-state index in [1.807, 2.05) is 34.5 Å². The maximum atomic E-state index is 12.7. The van der Waals surface area contributed by atoms with Crippen molar-refractivity contribution in [3.8, 4) is 0 Å². The van der Waals surface area contributed by atoms with Crippen molar-refractivity contribution in [2.75, 3.05) is 18.4 Å². The highest BCUT2D eigenvalue weighted by atomic mass is 35.5. The van der Waals surface area contributed by atoms with E-state index in [0.717, 1.165) is 19.3 Å². The molecule has 1 aromatic carbocycles. The minimum absolute atomic E-state index is 0. The zero-order valence-electron chi connectivity index (χ0n) is 14.7. The number of halogens is 1. The monoisotopic (exact) mass is 393 g/mol. The summed E-state index contributed by atoms with van der Waals surface area (Å²) < 4.78 is 0. The topological polar surface area (TPSA) is 75.4 Å². The third-order valence-electron chi connectivity index (χ3n) is 4.57. The van der Waals surface area contributed by atoms with Crippen molar-refractivity contribution in [1.29, 1.82) is 0 Å². The summed E-state index contributed by atoms with van der Waals surface area (Å²) in [6.07, 6.45) is 2.58. The molecule has 26 heavy (non-hydrogen) atoms. The van der Waals surface area contributed by atoms with Crippen LogP contribution < -0.4 is 11.1 Å². The number of likely N-dealkylation sites (tertiary alicyclic amines) is 1. The summed E-state index contributed by atoms with van der Waals surface area (Å²) in [5.41, 5.74) is 8.24. The molecule has 2 amide bonds. The van der Waals surface area contributed by atoms with E-state index in [-0.39, 0.29) is 30.3 Å². The highest BCUT2D eigenvalue weighted by Gasteiger charge is 2.24. The first-order valence-electron chi connectivity index (χ1n) is 8.61. The molecular weight excluding hydrogens is 370 g/mol. The second kappa shape index (κ2) is 9.16. The van der Waals surface area contributed by atoms with Gasteiger partial charge in [0.05, 0.1) is 5.56 Å². The summed E-state index contributed by atoms with van der Waals surface area (Å²) in [6, 6.07) is 9.48. The van der Waals surface area contributed by atoms with Crippen LogP contribution in [0.25, 0.3) is 0 Å². The first-order chi connectivity index (χ1) is 12.1. The summed E-state index contributed by atoms with van der Waals surface area (Å²) in [5.74, 6) is -0.232. The molecule has 0 bridgehead atoms. The van der Waals surface area contributed by atoms with Crippen molar-refractivity contribution in [3.05, 3.63) is 52.4 Å². The number of nitrogens with zero attached hydrogens (tertiary/aromatic N) is 1. The number of piperidine rings is 1. The van der Waals surface area contributed by atoms with Gasteiger partial charge in [-0.2, -0.15) is 0 Å². The third-order valence-corrected chi connectivity index (χ3v) is 5.40. The molecular formula is C19H24ClN3O2S. The molecule has 0 aliphatic carbocycles. The molecule has 2 aromatic rings. The highest BCUT2D eigenvalue weighted by molar-refractivity contribution is 7.14. The Bertz CT molecular complexity index is 752. The van der Waals surface area contributed by atoms with Crippen LogP contribution in [0.3, 0.4) is 0 Å². The van der Waals surface area contributed by atoms with Gasteiger partial charge in [-0.25, -0.2) is 0 Å². The predicted octanol–water partition coefficient (Wildman–Crippen LogP) is 3.55. The molecule has 0 unspecified atom stereocenters. The van der Waals surface area contributed by atoms with Gasteiger partial charge in [-0.15, -0.1) is 23.7 Å². The van der Waals surface area contributed by atoms with Gasteiger partial charge >= 0.3 is 0 Å². The number of thiophene rings is 1. The quantitative estimate of drug-likeness (QED) is 0.834. The Kier molecular flexibility index (Phi) is 7.20. The fraction of sp³-hybridized carbons (Fsp3) is 0.368. The highest BCUT2D eigenvalue weighted by Crippen LogP contribution is 2.26. The van der Waals surface area contributed by atoms with Crippen LogP contribution >= 0.6 is 23.7 Å². The summed E-state index contributed by atoms with van der Waals surface area (Å²) in [6.45, 7) is 3.41. The van der Waals surface area contributed by atoms with Crippen LogP contribution in [0.5, 0.6) is 0 Å². The maximum Gasteiger partial charge on any atom is 0.256 e. The number of nitrogens with two attached hydrogens (primary N) is 1. The summed E-state index contributed by atoms with van der Waals surface area (Å²) >= 11 is 1.37. The zero-order chi connectivity index (χ0) is 17.8. The molecule has 0 radical (unpaired) electrons. The Balaban J connectivity index is 0.00000243. The number of carbonyl (C=O) groups excluding carboxylic acids is 2. The van der Waals surface area contributed by atoms with E-state index in [4.69, 9.17) is 5.73 Å². The number of rotatable bonds is 4. The molecule has 1 aliphatic rings. The van der Waals surface area contributed by atoms with Gasteiger partial charge in [-0.1, -0.05) is 19.1 Å². The first-order valence-corrected chi connectivity index (χ1v) is 9.49. The molecule has 1 aromatic heterocycles. The largest absolute Gasteiger partial charge is 0.338 e. The third kappa shape index (κ3) is 4.63. The molecule has 1 saturated heterocycles. The van der Waals surface area contributed by atoms with Crippen LogP contribution in [0.1, 0.15) is 46.0 Å². The fourth-order valence-corrected chi connectivity index (χ4v) is 3.69. The number of aryl methyl sites for hydroxylation is 1. The van der Waals surface area contributed by atoms with E-state index in [0.29, 0.717) is 29.2 Å². The zero-order valence-corrected chi connectivity index (χ0v) is 16.4. The Hall–Kier alpha value is -1.89. The molecule has 7 heteroatoms. The van der Waals surface area contributed by atoms with Crippen LogP contribution in [0.2, 0.25) is 0 Å². The summed E-state index contributed by atoms with van der Waals surface area (Å²) in [7, 11) is 0. The van der Waals surface area contributed by atoms with Gasteiger partial charge in [0.25, 0.3) is 11.8 Å². The second-order valence-electron chi connectivity index (χ2n) is 6.30. The van der Waals surface area contributed by atoms with E-state index in [2.05, 4.69) is 12.2 Å². The lowest BCUT2D eigenvalue weighted by atomic mass is 10.1. The first kappa shape index (κ1) is 20.4. The van der Waals surface area contributed by atoms with E-state index < -0.39 is 0 Å². The van der Waals surface area contributed by atoms with Gasteiger partial charge in [0, 0.05) is 24.7 Å². The molecule has 140 valence electrons. The standard InChI is InChI=1S/C19H23N3O2S.ClH/c1-2-13-3-5-14(6-4-13)17(23)21-18-16(9-12-25-18)19(24)22-10-7-15(20)8-11-22;/h3-6,9,12,15H,2,7-8,10-11,20H2,1H3,(H,21,23);1H. The number of amides is 2. The van der Waals surface area contributed by atoms with Gasteiger partial charge in [0.2, 0.25) is 0 Å². The van der Waals surface area contributed by atoms with E-state index >= 15 is 0 Å². The molecule has 3 rings (SSSR count). The van der Waals surface area contributed by atoms with Gasteiger partial charge in [0.1, 0.15) is 5.00 Å². The number of benzene rings is 1. The fourth-order valence-electron chi connectivity index (χ4n) is 2.91. The van der Waals surface area contributed by atoms with Crippen molar-refractivity contribution in [1.82, 2.24) is 4.90 Å². The Morgan fingerprint density at radius 3 is 2.46 bits per heavy atom. The van der Waals surface area contributed by atoms with Gasteiger partial charge in [-0.05, 0) is 48.4 Å². The van der Waals surface area contributed by atoms with Crippen molar-refractivity contribution >= 4 is 40.6 Å². The van der Waals surface area contributed by atoms with E-state index in [9.17, 15) is 9.59 Å². The molecule has 1 aliphatic heterocycles. The Morgan fingerprint density at radius 1 is 1.19 bits per heavy atom. The molecule has 5 nitrogen and oxygen atoms in total. The molecule has 3 N–H and O–H groups in total.